The van der Waals surface area contributed by atoms with Crippen LogP contribution in [0.5, 0.6) is 0 Å². The van der Waals surface area contributed by atoms with E-state index < -0.39 is 0 Å². The van der Waals surface area contributed by atoms with Gasteiger partial charge in [-0.25, -0.2) is 9.59 Å². The van der Waals surface area contributed by atoms with Crippen molar-refractivity contribution in [2.75, 3.05) is 43.0 Å². The largest absolute Gasteiger partial charge is 0.462 e. The van der Waals surface area contributed by atoms with Crippen molar-refractivity contribution >= 4 is 23.4 Å². The van der Waals surface area contributed by atoms with Gasteiger partial charge in [0, 0.05) is 37.6 Å². The number of rotatable bonds is 5. The summed E-state index contributed by atoms with van der Waals surface area (Å²) < 4.78 is 4.98. The third-order valence-electron chi connectivity index (χ3n) is 5.23. The van der Waals surface area contributed by atoms with E-state index in [1.807, 2.05) is 4.90 Å². The van der Waals surface area contributed by atoms with Crippen molar-refractivity contribution < 1.29 is 14.3 Å². The molecule has 1 heterocycles. The number of nitrogens with one attached hydrogen (secondary N) is 1. The molecule has 0 spiro atoms. The van der Waals surface area contributed by atoms with Gasteiger partial charge < -0.3 is 19.9 Å². The first-order valence-corrected chi connectivity index (χ1v) is 10.2. The summed E-state index contributed by atoms with van der Waals surface area (Å²) in [4.78, 5) is 28.6. The highest BCUT2D eigenvalue weighted by Gasteiger charge is 2.23. The molecule has 2 aromatic rings. The molecule has 0 aromatic heterocycles. The van der Waals surface area contributed by atoms with Crippen LogP contribution in [0.3, 0.4) is 0 Å². The summed E-state index contributed by atoms with van der Waals surface area (Å²) in [6, 6.07) is 13.1. The van der Waals surface area contributed by atoms with Gasteiger partial charge in [-0.1, -0.05) is 25.1 Å². The number of amides is 2. The molecular weight excluding hydrogens is 366 g/mol. The van der Waals surface area contributed by atoms with E-state index in [4.69, 9.17) is 4.74 Å². The van der Waals surface area contributed by atoms with Crippen molar-refractivity contribution in [2.24, 2.45) is 0 Å². The number of ether oxygens (including phenoxy) is 1. The minimum Gasteiger partial charge on any atom is -0.462 e. The van der Waals surface area contributed by atoms with Gasteiger partial charge in [0.25, 0.3) is 0 Å². The Hall–Kier alpha value is -3.02. The smallest absolute Gasteiger partial charge is 0.338 e. The molecule has 2 amide bonds. The predicted octanol–water partition coefficient (Wildman–Crippen LogP) is 4.09. The van der Waals surface area contributed by atoms with E-state index in [1.54, 1.807) is 31.2 Å². The summed E-state index contributed by atoms with van der Waals surface area (Å²) in [7, 11) is 0. The van der Waals surface area contributed by atoms with Gasteiger partial charge in [0.2, 0.25) is 0 Å². The van der Waals surface area contributed by atoms with Crippen LogP contribution in [0.1, 0.15) is 35.3 Å². The molecule has 2 aromatic carbocycles. The van der Waals surface area contributed by atoms with Crippen LogP contribution in [-0.2, 0) is 11.2 Å². The average Bonchev–Trinajstić information content (AvgIpc) is 2.74. The van der Waals surface area contributed by atoms with Crippen LogP contribution >= 0.6 is 0 Å². The molecule has 0 aliphatic carbocycles. The van der Waals surface area contributed by atoms with Crippen LogP contribution < -0.4 is 10.2 Å². The first-order chi connectivity index (χ1) is 14.0. The molecule has 0 radical (unpaired) electrons. The molecule has 1 saturated heterocycles. The number of hydrogen-bond acceptors (Lipinski definition) is 4. The van der Waals surface area contributed by atoms with Crippen molar-refractivity contribution in [2.45, 2.75) is 27.2 Å². The molecular formula is C23H29N3O3. The van der Waals surface area contributed by atoms with Gasteiger partial charge >= 0.3 is 12.0 Å². The minimum absolute atomic E-state index is 0.117. The third kappa shape index (κ3) is 4.88. The summed E-state index contributed by atoms with van der Waals surface area (Å²) >= 11 is 0. The molecule has 0 unspecified atom stereocenters. The van der Waals surface area contributed by atoms with Gasteiger partial charge in [0.1, 0.15) is 0 Å². The van der Waals surface area contributed by atoms with Crippen LogP contribution in [-0.4, -0.2) is 49.7 Å². The fourth-order valence-corrected chi connectivity index (χ4v) is 3.70. The Balaban J connectivity index is 1.57. The number of carbonyl (C=O) groups excluding carboxylic acids is 2. The van der Waals surface area contributed by atoms with Crippen LogP contribution in [0.15, 0.2) is 42.5 Å². The van der Waals surface area contributed by atoms with Gasteiger partial charge in [0.05, 0.1) is 12.2 Å². The summed E-state index contributed by atoms with van der Waals surface area (Å²) in [5, 5.41) is 2.91. The van der Waals surface area contributed by atoms with Crippen molar-refractivity contribution in [3.8, 4) is 0 Å². The molecule has 6 heteroatoms. The van der Waals surface area contributed by atoms with Gasteiger partial charge in [-0.05, 0) is 55.7 Å². The van der Waals surface area contributed by atoms with Gasteiger partial charge in [-0.2, -0.15) is 0 Å². The second kappa shape index (κ2) is 9.45. The van der Waals surface area contributed by atoms with E-state index >= 15 is 0 Å². The highest BCUT2D eigenvalue weighted by atomic mass is 16.5. The number of hydrogen-bond donors (Lipinski definition) is 1. The molecule has 1 N–H and O–H groups in total. The molecule has 0 saturated carbocycles. The van der Waals surface area contributed by atoms with Crippen molar-refractivity contribution in [3.05, 3.63) is 59.2 Å². The van der Waals surface area contributed by atoms with Crippen molar-refractivity contribution in [3.63, 3.8) is 0 Å². The van der Waals surface area contributed by atoms with E-state index in [0.29, 0.717) is 30.9 Å². The summed E-state index contributed by atoms with van der Waals surface area (Å²) in [6.07, 6.45) is 1.000. The first-order valence-electron chi connectivity index (χ1n) is 10.2. The number of anilines is 2. The lowest BCUT2D eigenvalue weighted by molar-refractivity contribution is 0.0526. The number of para-hydroxylation sites is 1. The van der Waals surface area contributed by atoms with Crippen LogP contribution in [0.4, 0.5) is 16.2 Å². The lowest BCUT2D eigenvalue weighted by Gasteiger charge is -2.37. The molecule has 0 atom stereocenters. The molecule has 29 heavy (non-hydrogen) atoms. The second-order valence-corrected chi connectivity index (χ2v) is 7.14. The molecule has 3 rings (SSSR count). The van der Waals surface area contributed by atoms with Crippen molar-refractivity contribution in [1.29, 1.82) is 0 Å². The number of carbonyl (C=O) groups is 2. The molecule has 1 fully saturated rings. The number of aryl methyl sites for hydroxylation is 2. The number of urea groups is 1. The first kappa shape index (κ1) is 20.7. The monoisotopic (exact) mass is 395 g/mol. The zero-order chi connectivity index (χ0) is 20.8. The zero-order valence-electron chi connectivity index (χ0n) is 17.4. The van der Waals surface area contributed by atoms with E-state index in [9.17, 15) is 9.59 Å². The Morgan fingerprint density at radius 1 is 1.00 bits per heavy atom. The Morgan fingerprint density at radius 2 is 1.69 bits per heavy atom. The highest BCUT2D eigenvalue weighted by molar-refractivity contribution is 5.92. The van der Waals surface area contributed by atoms with Crippen LogP contribution in [0.2, 0.25) is 0 Å². The van der Waals surface area contributed by atoms with Gasteiger partial charge in [-0.15, -0.1) is 0 Å². The molecule has 1 aliphatic rings. The fourth-order valence-electron chi connectivity index (χ4n) is 3.70. The number of nitrogens with zero attached hydrogens (tertiary/aromatic N) is 2. The second-order valence-electron chi connectivity index (χ2n) is 7.14. The summed E-state index contributed by atoms with van der Waals surface area (Å²) in [6.45, 7) is 9.40. The lowest BCUT2D eigenvalue weighted by Crippen LogP contribution is -2.50. The summed E-state index contributed by atoms with van der Waals surface area (Å²) in [5.74, 6) is -0.357. The maximum Gasteiger partial charge on any atom is 0.338 e. The van der Waals surface area contributed by atoms with Crippen molar-refractivity contribution in [1.82, 2.24) is 4.90 Å². The molecule has 154 valence electrons. The summed E-state index contributed by atoms with van der Waals surface area (Å²) in [5.41, 5.74) is 5.08. The Labute approximate surface area is 172 Å². The maximum absolute atomic E-state index is 12.6. The average molecular weight is 396 g/mol. The maximum atomic E-state index is 12.6. The van der Waals surface area contributed by atoms with Crippen LogP contribution in [0.25, 0.3) is 0 Å². The minimum atomic E-state index is -0.357. The molecule has 0 bridgehead atoms. The van der Waals surface area contributed by atoms with E-state index in [1.165, 1.54) is 16.8 Å². The van der Waals surface area contributed by atoms with Gasteiger partial charge in [0.15, 0.2) is 0 Å². The van der Waals surface area contributed by atoms with Crippen LogP contribution in [0, 0.1) is 6.92 Å². The SMILES string of the molecule is CCOC(=O)c1ccc(NC(=O)N2CCN(c3c(C)cccc3CC)CC2)cc1. The van der Waals surface area contributed by atoms with E-state index in [0.717, 1.165) is 19.5 Å². The number of piperazine rings is 1. The zero-order valence-corrected chi connectivity index (χ0v) is 17.4. The third-order valence-corrected chi connectivity index (χ3v) is 5.23. The van der Waals surface area contributed by atoms with E-state index in [2.05, 4.69) is 42.3 Å². The quantitative estimate of drug-likeness (QED) is 0.775. The Morgan fingerprint density at radius 3 is 2.31 bits per heavy atom. The Bertz CT molecular complexity index is 856. The normalized spacial score (nSPS) is 13.9. The Kier molecular flexibility index (Phi) is 6.75. The topological polar surface area (TPSA) is 61.9 Å². The molecule has 6 nitrogen and oxygen atoms in total. The number of esters is 1. The highest BCUT2D eigenvalue weighted by Crippen LogP contribution is 2.27. The van der Waals surface area contributed by atoms with Gasteiger partial charge in [-0.3, -0.25) is 0 Å². The number of benzene rings is 2. The predicted molar refractivity (Wildman–Crippen MR) is 116 cm³/mol. The molecule has 1 aliphatic heterocycles. The van der Waals surface area contributed by atoms with E-state index in [-0.39, 0.29) is 12.0 Å². The fraction of sp³-hybridized carbons (Fsp3) is 0.391. The standard InChI is InChI=1S/C23H29N3O3/c1-4-18-8-6-7-17(3)21(18)25-13-15-26(16-14-25)23(28)24-20-11-9-19(10-12-20)22(27)29-5-2/h6-12H,4-5,13-16H2,1-3H3,(H,24,28). The lowest BCUT2D eigenvalue weighted by atomic mass is 10.0.